The van der Waals surface area contributed by atoms with Crippen LogP contribution in [-0.4, -0.2) is 29.5 Å². The number of piperidine rings is 1. The number of thiazole rings is 1. The van der Waals surface area contributed by atoms with Gasteiger partial charge in [0.05, 0.1) is 16.7 Å². The van der Waals surface area contributed by atoms with Gasteiger partial charge >= 0.3 is 0 Å². The molecule has 0 aliphatic carbocycles. The number of nitrogens with zero attached hydrogens (tertiary/aromatic N) is 2. The predicted molar refractivity (Wildman–Crippen MR) is 68.6 cm³/mol. The fourth-order valence-corrected chi connectivity index (χ4v) is 3.34. The van der Waals surface area contributed by atoms with Crippen molar-refractivity contribution >= 4 is 11.3 Å². The van der Waals surface area contributed by atoms with E-state index in [2.05, 4.69) is 29.1 Å². The van der Waals surface area contributed by atoms with Crippen molar-refractivity contribution in [3.8, 4) is 0 Å². The molecule has 1 aromatic heterocycles. The van der Waals surface area contributed by atoms with Crippen molar-refractivity contribution in [2.75, 3.05) is 19.6 Å². The van der Waals surface area contributed by atoms with E-state index in [-0.39, 0.29) is 0 Å². The molecule has 0 bridgehead atoms. The average molecular weight is 239 g/mol. The number of hydrogen-bond donors (Lipinski definition) is 1. The van der Waals surface area contributed by atoms with Crippen molar-refractivity contribution in [3.05, 3.63) is 16.1 Å². The quantitative estimate of drug-likeness (QED) is 0.879. The van der Waals surface area contributed by atoms with Crippen LogP contribution >= 0.6 is 11.3 Å². The molecule has 1 saturated heterocycles. The van der Waals surface area contributed by atoms with Gasteiger partial charge in [0, 0.05) is 5.38 Å². The zero-order valence-electron chi connectivity index (χ0n) is 10.1. The zero-order chi connectivity index (χ0) is 11.5. The van der Waals surface area contributed by atoms with Gasteiger partial charge in [-0.05, 0) is 45.3 Å². The first kappa shape index (κ1) is 12.0. The van der Waals surface area contributed by atoms with Crippen molar-refractivity contribution < 1.29 is 0 Å². The zero-order valence-corrected chi connectivity index (χ0v) is 11.0. The predicted octanol–water partition coefficient (Wildman–Crippen LogP) is 2.18. The smallest absolute Gasteiger partial charge is 0.0898 e. The maximum absolute atomic E-state index is 5.90. The summed E-state index contributed by atoms with van der Waals surface area (Å²) in [4.78, 5) is 7.18. The van der Waals surface area contributed by atoms with Crippen LogP contribution in [0.15, 0.2) is 5.38 Å². The Bertz CT molecular complexity index is 325. The van der Waals surface area contributed by atoms with E-state index < -0.39 is 0 Å². The van der Waals surface area contributed by atoms with Crippen molar-refractivity contribution in [2.24, 2.45) is 11.7 Å². The highest BCUT2D eigenvalue weighted by molar-refractivity contribution is 7.09. The topological polar surface area (TPSA) is 42.1 Å². The molecule has 1 aromatic rings. The molecular formula is C12H21N3S. The molecule has 2 atom stereocenters. The van der Waals surface area contributed by atoms with E-state index in [0.29, 0.717) is 12.0 Å². The second-order valence-corrected chi connectivity index (χ2v) is 5.57. The molecule has 16 heavy (non-hydrogen) atoms. The van der Waals surface area contributed by atoms with Gasteiger partial charge in [0.2, 0.25) is 0 Å². The molecular weight excluding hydrogens is 218 g/mol. The molecule has 0 amide bonds. The summed E-state index contributed by atoms with van der Waals surface area (Å²) in [5.74, 6) is 0.579. The minimum Gasteiger partial charge on any atom is -0.330 e. The number of hydrogen-bond acceptors (Lipinski definition) is 4. The summed E-state index contributed by atoms with van der Waals surface area (Å²) >= 11 is 1.74. The van der Waals surface area contributed by atoms with Crippen LogP contribution in [0.3, 0.4) is 0 Å². The van der Waals surface area contributed by atoms with Gasteiger partial charge in [-0.3, -0.25) is 4.90 Å². The lowest BCUT2D eigenvalue weighted by Crippen LogP contribution is -2.41. The van der Waals surface area contributed by atoms with Crippen LogP contribution < -0.4 is 5.73 Å². The summed E-state index contributed by atoms with van der Waals surface area (Å²) in [5.41, 5.74) is 7.14. The van der Waals surface area contributed by atoms with E-state index >= 15 is 0 Å². The fourth-order valence-electron chi connectivity index (χ4n) is 2.70. The molecule has 2 heterocycles. The largest absolute Gasteiger partial charge is 0.330 e. The first-order chi connectivity index (χ1) is 7.76. The SMILES string of the molecule is CCN1CCCC(CN)C1c1csc(C)n1. The van der Waals surface area contributed by atoms with Crippen molar-refractivity contribution in [1.29, 1.82) is 0 Å². The highest BCUT2D eigenvalue weighted by atomic mass is 32.1. The van der Waals surface area contributed by atoms with Gasteiger partial charge in [0.15, 0.2) is 0 Å². The van der Waals surface area contributed by atoms with Gasteiger partial charge in [0.25, 0.3) is 0 Å². The van der Waals surface area contributed by atoms with Crippen molar-refractivity contribution in [2.45, 2.75) is 32.7 Å². The van der Waals surface area contributed by atoms with E-state index in [4.69, 9.17) is 5.73 Å². The second kappa shape index (κ2) is 5.25. The third-order valence-electron chi connectivity index (χ3n) is 3.51. The standard InChI is InChI=1S/C12H21N3S/c1-3-15-6-4-5-10(7-13)12(15)11-8-16-9(2)14-11/h8,10,12H,3-7,13H2,1-2H3. The van der Waals surface area contributed by atoms with Gasteiger partial charge in [0.1, 0.15) is 0 Å². The molecule has 0 aromatic carbocycles. The van der Waals surface area contributed by atoms with Crippen molar-refractivity contribution in [1.82, 2.24) is 9.88 Å². The number of aromatic nitrogens is 1. The Morgan fingerprint density at radius 3 is 3.00 bits per heavy atom. The summed E-state index contributed by atoms with van der Waals surface area (Å²) < 4.78 is 0. The molecule has 1 fully saturated rings. The van der Waals surface area contributed by atoms with Gasteiger partial charge in [-0.2, -0.15) is 0 Å². The number of nitrogens with two attached hydrogens (primary N) is 1. The minimum atomic E-state index is 0.452. The lowest BCUT2D eigenvalue weighted by Gasteiger charge is -2.39. The Hall–Kier alpha value is -0.450. The maximum Gasteiger partial charge on any atom is 0.0898 e. The second-order valence-electron chi connectivity index (χ2n) is 4.50. The first-order valence-corrected chi connectivity index (χ1v) is 7.00. The van der Waals surface area contributed by atoms with Crippen LogP contribution in [0.2, 0.25) is 0 Å². The highest BCUT2D eigenvalue weighted by Gasteiger charge is 2.32. The Labute approximate surface area is 102 Å². The molecule has 2 unspecified atom stereocenters. The van der Waals surface area contributed by atoms with Gasteiger partial charge < -0.3 is 5.73 Å². The fraction of sp³-hybridized carbons (Fsp3) is 0.750. The summed E-state index contributed by atoms with van der Waals surface area (Å²) in [7, 11) is 0. The Balaban J connectivity index is 2.24. The normalized spacial score (nSPS) is 27.2. The minimum absolute atomic E-state index is 0.452. The van der Waals surface area contributed by atoms with Crippen LogP contribution in [-0.2, 0) is 0 Å². The van der Waals surface area contributed by atoms with Crippen LogP contribution in [0.5, 0.6) is 0 Å². The number of rotatable bonds is 3. The maximum atomic E-state index is 5.90. The third kappa shape index (κ3) is 2.29. The van der Waals surface area contributed by atoms with E-state index in [0.717, 1.165) is 18.1 Å². The molecule has 4 heteroatoms. The monoisotopic (exact) mass is 239 g/mol. The number of likely N-dealkylation sites (tertiary alicyclic amines) is 1. The summed E-state index contributed by atoms with van der Waals surface area (Å²) in [6.45, 7) is 7.36. The molecule has 3 nitrogen and oxygen atoms in total. The van der Waals surface area contributed by atoms with Gasteiger partial charge in [-0.15, -0.1) is 11.3 Å². The average Bonchev–Trinajstić information content (AvgIpc) is 2.74. The highest BCUT2D eigenvalue weighted by Crippen LogP contribution is 2.35. The van der Waals surface area contributed by atoms with E-state index in [1.807, 2.05) is 0 Å². The molecule has 0 spiro atoms. The Morgan fingerprint density at radius 2 is 2.44 bits per heavy atom. The summed E-state index contributed by atoms with van der Waals surface area (Å²) in [6.07, 6.45) is 2.52. The Morgan fingerprint density at radius 1 is 1.62 bits per heavy atom. The molecule has 2 N–H and O–H groups in total. The molecule has 90 valence electrons. The van der Waals surface area contributed by atoms with Gasteiger partial charge in [-0.25, -0.2) is 4.98 Å². The van der Waals surface area contributed by atoms with Crippen LogP contribution in [0.4, 0.5) is 0 Å². The molecule has 2 rings (SSSR count). The van der Waals surface area contributed by atoms with Crippen LogP contribution in [0.1, 0.15) is 36.5 Å². The van der Waals surface area contributed by atoms with Crippen LogP contribution in [0, 0.1) is 12.8 Å². The summed E-state index contributed by atoms with van der Waals surface area (Å²) in [5, 5.41) is 3.36. The molecule has 1 aliphatic rings. The molecule has 1 aliphatic heterocycles. The van der Waals surface area contributed by atoms with Crippen molar-refractivity contribution in [3.63, 3.8) is 0 Å². The third-order valence-corrected chi connectivity index (χ3v) is 4.30. The lowest BCUT2D eigenvalue weighted by atomic mass is 9.87. The molecule has 0 saturated carbocycles. The first-order valence-electron chi connectivity index (χ1n) is 6.12. The van der Waals surface area contributed by atoms with E-state index in [1.165, 1.54) is 25.1 Å². The Kier molecular flexibility index (Phi) is 3.95. The lowest BCUT2D eigenvalue weighted by molar-refractivity contribution is 0.0993. The summed E-state index contributed by atoms with van der Waals surface area (Å²) in [6, 6.07) is 0.452. The van der Waals surface area contributed by atoms with E-state index in [9.17, 15) is 0 Å². The number of aryl methyl sites for hydroxylation is 1. The van der Waals surface area contributed by atoms with E-state index in [1.54, 1.807) is 11.3 Å². The van der Waals surface area contributed by atoms with Crippen LogP contribution in [0.25, 0.3) is 0 Å². The van der Waals surface area contributed by atoms with Gasteiger partial charge in [-0.1, -0.05) is 6.92 Å². The molecule has 0 radical (unpaired) electrons.